The van der Waals surface area contributed by atoms with Crippen LogP contribution in [0.4, 0.5) is 11.6 Å². The third kappa shape index (κ3) is 5.40. The molecule has 4 aromatic heterocycles. The molecule has 0 radical (unpaired) electrons. The normalized spacial score (nSPS) is 10.4. The molecule has 0 saturated heterocycles. The second-order valence-corrected chi connectivity index (χ2v) is 7.39. The van der Waals surface area contributed by atoms with Crippen molar-refractivity contribution in [3.63, 3.8) is 0 Å². The van der Waals surface area contributed by atoms with E-state index < -0.39 is 0 Å². The van der Waals surface area contributed by atoms with Crippen LogP contribution in [-0.4, -0.2) is 40.2 Å². The molecule has 0 saturated carbocycles. The van der Waals surface area contributed by atoms with Gasteiger partial charge in [0.1, 0.15) is 41.4 Å². The van der Waals surface area contributed by atoms with Crippen molar-refractivity contribution in [2.45, 2.75) is 6.92 Å². The summed E-state index contributed by atoms with van der Waals surface area (Å²) in [5.41, 5.74) is 8.07. The van der Waals surface area contributed by atoms with Crippen molar-refractivity contribution in [2.75, 3.05) is 31.3 Å². The quantitative estimate of drug-likeness (QED) is 0.253. The number of nitrogens with one attached hydrogen (secondary N) is 1. The summed E-state index contributed by atoms with van der Waals surface area (Å²) in [5.74, 6) is 8.44. The van der Waals surface area contributed by atoms with Crippen LogP contribution in [0.5, 0.6) is 11.6 Å². The molecule has 9 heteroatoms. The Bertz CT molecular complexity index is 1370. The van der Waals surface area contributed by atoms with Crippen LogP contribution in [0.1, 0.15) is 16.8 Å². The molecule has 0 aliphatic heterocycles. The second-order valence-electron chi connectivity index (χ2n) is 7.00. The van der Waals surface area contributed by atoms with Crippen molar-refractivity contribution in [3.8, 4) is 23.5 Å². The summed E-state index contributed by atoms with van der Waals surface area (Å²) in [7, 11) is 1.80. The molecule has 166 valence electrons. The fourth-order valence-corrected chi connectivity index (χ4v) is 3.22. The molecule has 0 aromatic carbocycles. The molecule has 0 amide bonds. The number of anilines is 2. The lowest BCUT2D eigenvalue weighted by atomic mass is 10.1. The topological polar surface area (TPSA) is 108 Å². The number of nitrogen functional groups attached to an aromatic ring is 1. The third-order valence-corrected chi connectivity index (χ3v) is 4.90. The Morgan fingerprint density at radius 3 is 2.70 bits per heavy atom. The van der Waals surface area contributed by atoms with E-state index in [9.17, 15) is 0 Å². The van der Waals surface area contributed by atoms with Crippen LogP contribution in [-0.2, 0) is 0 Å². The Balaban J connectivity index is 1.45. The first-order valence-electron chi connectivity index (χ1n) is 10.1. The van der Waals surface area contributed by atoms with E-state index in [-0.39, 0.29) is 0 Å². The zero-order valence-electron chi connectivity index (χ0n) is 18.1. The van der Waals surface area contributed by atoms with Crippen molar-refractivity contribution < 1.29 is 9.47 Å². The van der Waals surface area contributed by atoms with Gasteiger partial charge < -0.3 is 20.5 Å². The van der Waals surface area contributed by atoms with Gasteiger partial charge in [-0.05, 0) is 31.0 Å². The summed E-state index contributed by atoms with van der Waals surface area (Å²) in [6, 6.07) is 8.89. The number of nitrogens with two attached hydrogens (primary N) is 1. The minimum Gasteiger partial charge on any atom is -0.490 e. The molecule has 4 heterocycles. The van der Waals surface area contributed by atoms with Gasteiger partial charge in [-0.3, -0.25) is 0 Å². The van der Waals surface area contributed by atoms with Gasteiger partial charge in [0, 0.05) is 48.0 Å². The van der Waals surface area contributed by atoms with E-state index in [1.165, 1.54) is 0 Å². The molecule has 3 N–H and O–H groups in total. The van der Waals surface area contributed by atoms with Crippen LogP contribution < -0.4 is 20.5 Å². The lowest BCUT2D eigenvalue weighted by molar-refractivity contribution is 0.211. The second kappa shape index (κ2) is 10.0. The number of rotatable bonds is 6. The molecule has 33 heavy (non-hydrogen) atoms. The first-order valence-corrected chi connectivity index (χ1v) is 10.5. The molecule has 0 bridgehead atoms. The highest BCUT2D eigenvalue weighted by Gasteiger charge is 2.07. The van der Waals surface area contributed by atoms with Gasteiger partial charge >= 0.3 is 0 Å². The zero-order valence-corrected chi connectivity index (χ0v) is 18.8. The Morgan fingerprint density at radius 1 is 1.00 bits per heavy atom. The number of fused-ring (bicyclic) bond motifs is 1. The van der Waals surface area contributed by atoms with Crippen molar-refractivity contribution in [3.05, 3.63) is 70.9 Å². The molecule has 0 aliphatic carbocycles. The summed E-state index contributed by atoms with van der Waals surface area (Å²) >= 11 is 5.91. The highest BCUT2D eigenvalue weighted by Crippen LogP contribution is 2.24. The molecular formula is C24H21ClN6O2. The standard InChI is InChI=1S/C24H21ClN6O2/c1-15-3-6-21(25)31-24(15)33-10-9-32-18-7-8-28-17(11-18)5-4-16-13-30-23(27-2)20-14-29-22(26)12-19(16)20/h3,6-8,11-14H,9-10H2,1-2H3,(H2,26,29)(H,27,30). The molecule has 4 rings (SSSR count). The number of aromatic nitrogens is 4. The van der Waals surface area contributed by atoms with Crippen molar-refractivity contribution in [1.29, 1.82) is 0 Å². The maximum atomic E-state index is 5.91. The molecule has 0 spiro atoms. The van der Waals surface area contributed by atoms with Gasteiger partial charge in [0.25, 0.3) is 0 Å². The van der Waals surface area contributed by atoms with Gasteiger partial charge in [0.05, 0.1) is 5.56 Å². The fraction of sp³-hybridized carbons (Fsp3) is 0.167. The average molecular weight is 461 g/mol. The van der Waals surface area contributed by atoms with Crippen LogP contribution in [0.25, 0.3) is 10.8 Å². The van der Waals surface area contributed by atoms with Crippen LogP contribution in [0, 0.1) is 18.8 Å². The maximum Gasteiger partial charge on any atom is 0.217 e. The number of halogens is 1. The Kier molecular flexibility index (Phi) is 6.72. The SMILES string of the molecule is CNc1ncc(C#Cc2cc(OCCOc3nc(Cl)ccc3C)ccn2)c2cc(N)ncc12. The van der Waals surface area contributed by atoms with Crippen molar-refractivity contribution in [1.82, 2.24) is 19.9 Å². The summed E-state index contributed by atoms with van der Waals surface area (Å²) in [5, 5.41) is 5.14. The first kappa shape index (κ1) is 22.1. The van der Waals surface area contributed by atoms with E-state index in [4.69, 9.17) is 26.8 Å². The lowest BCUT2D eigenvalue weighted by Crippen LogP contribution is -2.10. The summed E-state index contributed by atoms with van der Waals surface area (Å²) in [4.78, 5) is 17.0. The van der Waals surface area contributed by atoms with Crippen LogP contribution in [0.2, 0.25) is 5.15 Å². The number of hydrogen-bond donors (Lipinski definition) is 2. The molecule has 0 atom stereocenters. The van der Waals surface area contributed by atoms with E-state index >= 15 is 0 Å². The van der Waals surface area contributed by atoms with Gasteiger partial charge in [0.2, 0.25) is 5.88 Å². The molecular weight excluding hydrogens is 440 g/mol. The van der Waals surface area contributed by atoms with Crippen molar-refractivity contribution >= 4 is 34.0 Å². The zero-order chi connectivity index (χ0) is 23.2. The van der Waals surface area contributed by atoms with Gasteiger partial charge in [-0.15, -0.1) is 0 Å². The minimum atomic E-state index is 0.322. The van der Waals surface area contributed by atoms with E-state index in [2.05, 4.69) is 37.1 Å². The van der Waals surface area contributed by atoms with Crippen molar-refractivity contribution in [2.24, 2.45) is 0 Å². The van der Waals surface area contributed by atoms with E-state index in [0.29, 0.717) is 47.3 Å². The van der Waals surface area contributed by atoms with E-state index in [0.717, 1.165) is 21.9 Å². The summed E-state index contributed by atoms with van der Waals surface area (Å²) < 4.78 is 11.4. The van der Waals surface area contributed by atoms with Crippen LogP contribution in [0.15, 0.2) is 48.9 Å². The van der Waals surface area contributed by atoms with Gasteiger partial charge in [-0.2, -0.15) is 0 Å². The van der Waals surface area contributed by atoms with E-state index in [1.54, 1.807) is 49.9 Å². The largest absolute Gasteiger partial charge is 0.490 e. The predicted octanol–water partition coefficient (Wildman–Crippen LogP) is 3.86. The van der Waals surface area contributed by atoms with E-state index in [1.807, 2.05) is 13.0 Å². The summed E-state index contributed by atoms with van der Waals surface area (Å²) in [6.07, 6.45) is 5.03. The Labute approximate surface area is 196 Å². The fourth-order valence-electron chi connectivity index (χ4n) is 3.08. The van der Waals surface area contributed by atoms with Crippen LogP contribution in [0.3, 0.4) is 0 Å². The highest BCUT2D eigenvalue weighted by molar-refractivity contribution is 6.29. The number of hydrogen-bond acceptors (Lipinski definition) is 8. The molecule has 0 unspecified atom stereocenters. The third-order valence-electron chi connectivity index (χ3n) is 4.69. The Hall–Kier alpha value is -4.09. The monoisotopic (exact) mass is 460 g/mol. The lowest BCUT2D eigenvalue weighted by Gasteiger charge is -2.09. The minimum absolute atomic E-state index is 0.322. The molecule has 8 nitrogen and oxygen atoms in total. The maximum absolute atomic E-state index is 5.91. The molecule has 0 aliphatic rings. The van der Waals surface area contributed by atoms with Gasteiger partial charge in [-0.1, -0.05) is 23.6 Å². The average Bonchev–Trinajstić information content (AvgIpc) is 2.82. The van der Waals surface area contributed by atoms with Crippen LogP contribution >= 0.6 is 11.6 Å². The van der Waals surface area contributed by atoms with Gasteiger partial charge in [0.15, 0.2) is 0 Å². The smallest absolute Gasteiger partial charge is 0.217 e. The number of nitrogens with zero attached hydrogens (tertiary/aromatic N) is 4. The highest BCUT2D eigenvalue weighted by atomic mass is 35.5. The molecule has 4 aromatic rings. The first-order chi connectivity index (χ1) is 16.0. The number of ether oxygens (including phenoxy) is 2. The number of aryl methyl sites for hydroxylation is 1. The predicted molar refractivity (Wildman–Crippen MR) is 129 cm³/mol. The number of pyridine rings is 4. The van der Waals surface area contributed by atoms with Gasteiger partial charge in [-0.25, -0.2) is 19.9 Å². The summed E-state index contributed by atoms with van der Waals surface area (Å²) in [6.45, 7) is 2.56. The Morgan fingerprint density at radius 2 is 1.85 bits per heavy atom. The molecule has 0 fully saturated rings.